The van der Waals surface area contributed by atoms with Crippen LogP contribution in [0.3, 0.4) is 0 Å². The highest BCUT2D eigenvalue weighted by Gasteiger charge is 2.54. The summed E-state index contributed by atoms with van der Waals surface area (Å²) in [7, 11) is 4.68. The van der Waals surface area contributed by atoms with Gasteiger partial charge >= 0.3 is 6.16 Å². The van der Waals surface area contributed by atoms with E-state index in [0.29, 0.717) is 37.3 Å². The molecule has 7 nitrogen and oxygen atoms in total. The van der Waals surface area contributed by atoms with Crippen LogP contribution in [0, 0.1) is 20.8 Å². The van der Waals surface area contributed by atoms with Crippen LogP contribution < -0.4 is 0 Å². The number of hydroxylamine groups is 2. The normalized spacial score (nSPS) is 19.5. The number of ether oxygens (including phenoxy) is 2. The van der Waals surface area contributed by atoms with Gasteiger partial charge in [-0.1, -0.05) is 17.7 Å². The Bertz CT molecular complexity index is 814. The van der Waals surface area contributed by atoms with E-state index in [4.69, 9.17) is 14.3 Å². The zero-order valence-corrected chi connectivity index (χ0v) is 17.4. The second-order valence-electron chi connectivity index (χ2n) is 7.54. The predicted molar refractivity (Wildman–Crippen MR) is 104 cm³/mol. The molecule has 1 spiro atoms. The van der Waals surface area contributed by atoms with E-state index in [1.54, 1.807) is 19.1 Å². The number of carbonyl (C=O) groups excluding carboxylic acids is 2. The number of amides is 1. The van der Waals surface area contributed by atoms with Gasteiger partial charge in [0.2, 0.25) is 0 Å². The van der Waals surface area contributed by atoms with E-state index in [1.165, 1.54) is 7.11 Å². The van der Waals surface area contributed by atoms with Crippen molar-refractivity contribution >= 4 is 17.6 Å². The summed E-state index contributed by atoms with van der Waals surface area (Å²) in [5, 5.41) is 1.85. The van der Waals surface area contributed by atoms with E-state index < -0.39 is 11.7 Å². The summed E-state index contributed by atoms with van der Waals surface area (Å²) >= 11 is 0. The van der Waals surface area contributed by atoms with Crippen LogP contribution in [-0.4, -0.2) is 61.9 Å². The predicted octanol–water partition coefficient (Wildman–Crippen LogP) is 2.97. The first-order valence-corrected chi connectivity index (χ1v) is 9.41. The largest absolute Gasteiger partial charge is 0.513 e. The van der Waals surface area contributed by atoms with E-state index in [0.717, 1.165) is 22.3 Å². The summed E-state index contributed by atoms with van der Waals surface area (Å²) < 4.78 is 10.4. The van der Waals surface area contributed by atoms with E-state index in [-0.39, 0.29) is 5.91 Å². The summed E-state index contributed by atoms with van der Waals surface area (Å²) in [5.74, 6) is 0.248. The third-order valence-electron chi connectivity index (χ3n) is 5.90. The van der Waals surface area contributed by atoms with E-state index in [2.05, 4.69) is 0 Å². The topological polar surface area (TPSA) is 68.3 Å². The van der Waals surface area contributed by atoms with Crippen molar-refractivity contribution in [3.63, 3.8) is 0 Å². The molecule has 1 fully saturated rings. The van der Waals surface area contributed by atoms with Gasteiger partial charge in [-0.2, -0.15) is 5.06 Å². The Morgan fingerprint density at radius 3 is 2.14 bits per heavy atom. The van der Waals surface area contributed by atoms with Gasteiger partial charge < -0.3 is 19.2 Å². The van der Waals surface area contributed by atoms with Crippen LogP contribution in [0.2, 0.25) is 0 Å². The Morgan fingerprint density at radius 2 is 1.64 bits per heavy atom. The molecule has 1 amide bonds. The van der Waals surface area contributed by atoms with Crippen molar-refractivity contribution in [3.05, 3.63) is 40.1 Å². The van der Waals surface area contributed by atoms with Gasteiger partial charge in [0.15, 0.2) is 5.76 Å². The molecule has 0 aliphatic carbocycles. The molecule has 2 aliphatic rings. The lowest BCUT2D eigenvalue weighted by Gasteiger charge is -2.43. The first-order valence-electron chi connectivity index (χ1n) is 9.41. The number of aryl methyl sites for hydroxylation is 3. The Balaban J connectivity index is 2.20. The number of nitrogens with zero attached hydrogens (tertiary/aromatic N) is 2. The van der Waals surface area contributed by atoms with Crippen molar-refractivity contribution in [2.45, 2.75) is 39.2 Å². The van der Waals surface area contributed by atoms with Gasteiger partial charge in [-0.05, 0) is 50.3 Å². The fourth-order valence-electron chi connectivity index (χ4n) is 4.51. The first kappa shape index (κ1) is 20.4. The molecule has 0 unspecified atom stereocenters. The van der Waals surface area contributed by atoms with Gasteiger partial charge in [-0.3, -0.25) is 4.79 Å². The van der Waals surface area contributed by atoms with Crippen LogP contribution in [0.5, 0.6) is 0 Å². The van der Waals surface area contributed by atoms with Gasteiger partial charge in [-0.15, -0.1) is 0 Å². The highest BCUT2D eigenvalue weighted by molar-refractivity contribution is 6.24. The summed E-state index contributed by atoms with van der Waals surface area (Å²) in [6.45, 7) is 7.23. The lowest BCUT2D eigenvalue weighted by Crippen LogP contribution is -2.53. The number of rotatable bonds is 3. The molecule has 1 aromatic carbocycles. The quantitative estimate of drug-likeness (QED) is 0.742. The third-order valence-corrected chi connectivity index (χ3v) is 5.90. The maximum Gasteiger partial charge on any atom is 0.513 e. The Morgan fingerprint density at radius 1 is 1.07 bits per heavy atom. The molecule has 3 rings (SSSR count). The number of carbonyl (C=O) groups is 2. The molecular weight excluding hydrogens is 360 g/mol. The van der Waals surface area contributed by atoms with Crippen molar-refractivity contribution < 1.29 is 23.9 Å². The minimum Gasteiger partial charge on any atom is -0.437 e. The van der Waals surface area contributed by atoms with Gasteiger partial charge in [0.25, 0.3) is 5.91 Å². The minimum absolute atomic E-state index is 0.139. The monoisotopic (exact) mass is 388 g/mol. The van der Waals surface area contributed by atoms with Crippen LogP contribution in [0.1, 0.15) is 35.1 Å². The molecule has 1 saturated heterocycles. The fraction of sp³-hybridized carbons (Fsp3) is 0.524. The van der Waals surface area contributed by atoms with Crippen LogP contribution in [0.25, 0.3) is 5.57 Å². The molecular formula is C21H28N2O5. The van der Waals surface area contributed by atoms with Gasteiger partial charge in [-0.25, -0.2) is 4.79 Å². The van der Waals surface area contributed by atoms with Crippen molar-refractivity contribution in [2.75, 3.05) is 34.4 Å². The SMILES string of the molecule is COC(=O)OC1=C(c2c(C)cc(C)cc2C)C(=O)N(C)C12CCN(OC)CC2. The molecule has 152 valence electrons. The number of methoxy groups -OCH3 is 1. The molecule has 0 atom stereocenters. The molecule has 0 N–H and O–H groups in total. The molecule has 1 aromatic rings. The van der Waals surface area contributed by atoms with Crippen LogP contribution >= 0.6 is 0 Å². The summed E-state index contributed by atoms with van der Waals surface area (Å²) in [6.07, 6.45) is 0.387. The lowest BCUT2D eigenvalue weighted by atomic mass is 9.84. The van der Waals surface area contributed by atoms with Crippen LogP contribution in [0.15, 0.2) is 17.9 Å². The average Bonchev–Trinajstić information content (AvgIpc) is 2.84. The number of benzene rings is 1. The average molecular weight is 388 g/mol. The second-order valence-corrected chi connectivity index (χ2v) is 7.54. The molecule has 2 aliphatic heterocycles. The molecule has 0 radical (unpaired) electrons. The summed E-state index contributed by atoms with van der Waals surface area (Å²) in [5.41, 5.74) is 3.66. The number of piperidine rings is 1. The number of likely N-dealkylation sites (N-methyl/N-ethyl adjacent to an activating group) is 1. The number of hydrogen-bond acceptors (Lipinski definition) is 6. The van der Waals surface area contributed by atoms with Gasteiger partial charge in [0.05, 0.1) is 19.8 Å². The van der Waals surface area contributed by atoms with Crippen molar-refractivity contribution in [1.82, 2.24) is 9.96 Å². The standard InChI is InChI=1S/C21H28N2O5/c1-13-11-14(2)16(15(3)12-13)17-18(28-20(25)26-5)21(22(4)19(17)24)7-9-23(27-6)10-8-21/h11-12H,7-10H2,1-6H3. The van der Waals surface area contributed by atoms with Crippen LogP contribution in [-0.2, 0) is 19.1 Å². The zero-order valence-electron chi connectivity index (χ0n) is 17.4. The third kappa shape index (κ3) is 3.18. The van der Waals surface area contributed by atoms with Crippen LogP contribution in [0.4, 0.5) is 4.79 Å². The minimum atomic E-state index is -0.813. The highest BCUT2D eigenvalue weighted by atomic mass is 16.7. The smallest absolute Gasteiger partial charge is 0.437 e. The summed E-state index contributed by atoms with van der Waals surface area (Å²) in [6, 6.07) is 4.08. The molecule has 2 heterocycles. The maximum atomic E-state index is 13.4. The Hall–Kier alpha value is -2.38. The zero-order chi connectivity index (χ0) is 20.6. The number of hydrogen-bond donors (Lipinski definition) is 0. The first-order chi connectivity index (χ1) is 13.2. The van der Waals surface area contributed by atoms with Crippen molar-refractivity contribution in [3.8, 4) is 0 Å². The van der Waals surface area contributed by atoms with E-state index in [1.807, 2.05) is 38.0 Å². The van der Waals surface area contributed by atoms with Crippen molar-refractivity contribution in [1.29, 1.82) is 0 Å². The van der Waals surface area contributed by atoms with Gasteiger partial charge in [0, 0.05) is 20.1 Å². The van der Waals surface area contributed by atoms with Gasteiger partial charge in [0.1, 0.15) is 5.54 Å². The molecule has 0 bridgehead atoms. The molecule has 0 saturated carbocycles. The summed E-state index contributed by atoms with van der Waals surface area (Å²) in [4.78, 5) is 32.5. The molecule has 0 aromatic heterocycles. The van der Waals surface area contributed by atoms with E-state index >= 15 is 0 Å². The van der Waals surface area contributed by atoms with Crippen molar-refractivity contribution in [2.24, 2.45) is 0 Å². The Kier molecular flexibility index (Phi) is 5.50. The molecule has 28 heavy (non-hydrogen) atoms. The second kappa shape index (κ2) is 7.56. The fourth-order valence-corrected chi connectivity index (χ4v) is 4.51. The van der Waals surface area contributed by atoms with E-state index in [9.17, 15) is 9.59 Å². The maximum absolute atomic E-state index is 13.4. The highest BCUT2D eigenvalue weighted by Crippen LogP contribution is 2.47. The molecule has 7 heteroatoms. The Labute approximate surface area is 165 Å². The lowest BCUT2D eigenvalue weighted by molar-refractivity contribution is -0.162.